The van der Waals surface area contributed by atoms with Gasteiger partial charge in [-0.1, -0.05) is 12.1 Å². The molecule has 0 bridgehead atoms. The zero-order valence-corrected chi connectivity index (χ0v) is 9.14. The molecule has 0 fully saturated rings. The van der Waals surface area contributed by atoms with Crippen LogP contribution in [0.5, 0.6) is 0 Å². The minimum Gasteiger partial charge on any atom is -0.462 e. The Morgan fingerprint density at radius 2 is 2.12 bits per heavy atom. The van der Waals surface area contributed by atoms with Crippen molar-refractivity contribution >= 4 is 28.3 Å². The number of anilines is 1. The Labute approximate surface area is 97.4 Å². The highest BCUT2D eigenvalue weighted by molar-refractivity contribution is 6.37. The SMILES string of the molecule is COC(=O)C(=O)Nc1cccc2cnccc12. The van der Waals surface area contributed by atoms with Crippen molar-refractivity contribution in [2.75, 3.05) is 12.4 Å². The molecule has 5 heteroatoms. The van der Waals surface area contributed by atoms with Crippen molar-refractivity contribution in [3.8, 4) is 0 Å². The summed E-state index contributed by atoms with van der Waals surface area (Å²) < 4.78 is 4.33. The Balaban J connectivity index is 2.36. The first-order valence-electron chi connectivity index (χ1n) is 4.94. The maximum Gasteiger partial charge on any atom is 0.396 e. The van der Waals surface area contributed by atoms with E-state index in [1.807, 2.05) is 6.07 Å². The fourth-order valence-electron chi connectivity index (χ4n) is 1.50. The molecule has 0 saturated heterocycles. The van der Waals surface area contributed by atoms with Crippen LogP contribution in [0.4, 0.5) is 5.69 Å². The molecule has 5 nitrogen and oxygen atoms in total. The molecular formula is C12H10N2O3. The van der Waals surface area contributed by atoms with E-state index in [0.29, 0.717) is 5.69 Å². The number of hydrogen-bond donors (Lipinski definition) is 1. The number of esters is 1. The normalized spacial score (nSPS) is 9.94. The van der Waals surface area contributed by atoms with Crippen LogP contribution in [0.15, 0.2) is 36.7 Å². The van der Waals surface area contributed by atoms with Gasteiger partial charge in [-0.3, -0.25) is 9.78 Å². The number of fused-ring (bicyclic) bond motifs is 1. The van der Waals surface area contributed by atoms with Crippen LogP contribution >= 0.6 is 0 Å². The Hall–Kier alpha value is -2.43. The lowest BCUT2D eigenvalue weighted by Crippen LogP contribution is -2.23. The Bertz CT molecular complexity index is 575. The van der Waals surface area contributed by atoms with Crippen LogP contribution in [0, 0.1) is 0 Å². The first-order chi connectivity index (χ1) is 8.22. The van der Waals surface area contributed by atoms with Gasteiger partial charge in [0.1, 0.15) is 0 Å². The number of hydrogen-bond acceptors (Lipinski definition) is 4. The number of benzene rings is 1. The minimum absolute atomic E-state index is 0.556. The maximum absolute atomic E-state index is 11.4. The first kappa shape index (κ1) is 11.1. The third kappa shape index (κ3) is 2.23. The molecule has 1 aromatic carbocycles. The van der Waals surface area contributed by atoms with Gasteiger partial charge in [-0.15, -0.1) is 0 Å². The summed E-state index contributed by atoms with van der Waals surface area (Å²) in [7, 11) is 1.16. The highest BCUT2D eigenvalue weighted by Gasteiger charge is 2.14. The van der Waals surface area contributed by atoms with Crippen molar-refractivity contribution < 1.29 is 14.3 Å². The van der Waals surface area contributed by atoms with Crippen molar-refractivity contribution in [1.29, 1.82) is 0 Å². The second kappa shape index (κ2) is 4.61. The van der Waals surface area contributed by atoms with E-state index in [9.17, 15) is 9.59 Å². The smallest absolute Gasteiger partial charge is 0.396 e. The lowest BCUT2D eigenvalue weighted by Gasteiger charge is -2.06. The van der Waals surface area contributed by atoms with E-state index in [4.69, 9.17) is 0 Å². The molecule has 1 N–H and O–H groups in total. The summed E-state index contributed by atoms with van der Waals surface area (Å²) in [4.78, 5) is 26.4. The summed E-state index contributed by atoms with van der Waals surface area (Å²) in [5, 5.41) is 4.20. The number of carbonyl (C=O) groups is 2. The number of ether oxygens (including phenoxy) is 1. The van der Waals surface area contributed by atoms with Crippen LogP contribution in [0.2, 0.25) is 0 Å². The predicted molar refractivity (Wildman–Crippen MR) is 62.4 cm³/mol. The number of methoxy groups -OCH3 is 1. The number of nitrogens with one attached hydrogen (secondary N) is 1. The molecule has 0 aliphatic carbocycles. The molecule has 0 aliphatic rings. The molecule has 0 unspecified atom stereocenters. The molecule has 1 amide bonds. The Kier molecular flexibility index (Phi) is 3.00. The summed E-state index contributed by atoms with van der Waals surface area (Å²) in [6.07, 6.45) is 3.30. The second-order valence-corrected chi connectivity index (χ2v) is 3.35. The van der Waals surface area contributed by atoms with Crippen molar-refractivity contribution in [3.05, 3.63) is 36.7 Å². The van der Waals surface area contributed by atoms with Crippen LogP contribution in [-0.4, -0.2) is 24.0 Å². The van der Waals surface area contributed by atoms with Crippen LogP contribution in [0.1, 0.15) is 0 Å². The molecule has 0 aliphatic heterocycles. The van der Waals surface area contributed by atoms with Gasteiger partial charge in [-0.25, -0.2) is 4.79 Å². The number of nitrogens with zero attached hydrogens (tertiary/aromatic N) is 1. The average molecular weight is 230 g/mol. The highest BCUT2D eigenvalue weighted by atomic mass is 16.5. The predicted octanol–water partition coefficient (Wildman–Crippen LogP) is 1.35. The van der Waals surface area contributed by atoms with Crippen molar-refractivity contribution in [1.82, 2.24) is 4.98 Å². The minimum atomic E-state index is -0.920. The van der Waals surface area contributed by atoms with Gasteiger partial charge >= 0.3 is 11.9 Å². The van der Waals surface area contributed by atoms with Gasteiger partial charge in [0, 0.05) is 28.9 Å². The van der Waals surface area contributed by atoms with Crippen molar-refractivity contribution in [2.24, 2.45) is 0 Å². The number of aromatic nitrogens is 1. The molecular weight excluding hydrogens is 220 g/mol. The topological polar surface area (TPSA) is 68.3 Å². The molecule has 1 heterocycles. The van der Waals surface area contributed by atoms with Crippen LogP contribution in [0.3, 0.4) is 0 Å². The van der Waals surface area contributed by atoms with Crippen LogP contribution in [-0.2, 0) is 14.3 Å². The number of rotatable bonds is 1. The fourth-order valence-corrected chi connectivity index (χ4v) is 1.50. The molecule has 1 aromatic heterocycles. The summed E-state index contributed by atoms with van der Waals surface area (Å²) >= 11 is 0. The lowest BCUT2D eigenvalue weighted by molar-refractivity contribution is -0.150. The van der Waals surface area contributed by atoms with Crippen molar-refractivity contribution in [2.45, 2.75) is 0 Å². The Morgan fingerprint density at radius 3 is 2.88 bits per heavy atom. The lowest BCUT2D eigenvalue weighted by atomic mass is 10.1. The van der Waals surface area contributed by atoms with Gasteiger partial charge in [-0.2, -0.15) is 0 Å². The van der Waals surface area contributed by atoms with Crippen molar-refractivity contribution in [3.63, 3.8) is 0 Å². The molecule has 0 radical (unpaired) electrons. The number of amides is 1. The van der Waals surface area contributed by atoms with Gasteiger partial charge in [0.05, 0.1) is 7.11 Å². The summed E-state index contributed by atoms with van der Waals surface area (Å²) in [6, 6.07) is 7.12. The van der Waals surface area contributed by atoms with Gasteiger partial charge < -0.3 is 10.1 Å². The van der Waals surface area contributed by atoms with Gasteiger partial charge in [0.2, 0.25) is 0 Å². The van der Waals surface area contributed by atoms with E-state index >= 15 is 0 Å². The summed E-state index contributed by atoms with van der Waals surface area (Å²) in [6.45, 7) is 0. The molecule has 0 spiro atoms. The van der Waals surface area contributed by atoms with E-state index in [1.165, 1.54) is 0 Å². The summed E-state index contributed by atoms with van der Waals surface area (Å²) in [5.41, 5.74) is 0.556. The fraction of sp³-hybridized carbons (Fsp3) is 0.0833. The third-order valence-electron chi connectivity index (χ3n) is 2.30. The van der Waals surface area contributed by atoms with Gasteiger partial charge in [-0.05, 0) is 12.1 Å². The monoisotopic (exact) mass is 230 g/mol. The van der Waals surface area contributed by atoms with Gasteiger partial charge in [0.15, 0.2) is 0 Å². The van der Waals surface area contributed by atoms with Crippen LogP contribution in [0.25, 0.3) is 10.8 Å². The van der Waals surface area contributed by atoms with E-state index in [0.717, 1.165) is 17.9 Å². The van der Waals surface area contributed by atoms with E-state index in [-0.39, 0.29) is 0 Å². The standard InChI is InChI=1S/C12H10N2O3/c1-17-12(16)11(15)14-10-4-2-3-8-7-13-6-5-9(8)10/h2-7H,1H3,(H,14,15). The molecule has 86 valence electrons. The third-order valence-corrected chi connectivity index (χ3v) is 2.30. The molecule has 2 aromatic rings. The van der Waals surface area contributed by atoms with Crippen LogP contribution < -0.4 is 5.32 Å². The zero-order chi connectivity index (χ0) is 12.3. The van der Waals surface area contributed by atoms with E-state index < -0.39 is 11.9 Å². The van der Waals surface area contributed by atoms with Gasteiger partial charge in [0.25, 0.3) is 0 Å². The number of pyridine rings is 1. The molecule has 17 heavy (non-hydrogen) atoms. The van der Waals surface area contributed by atoms with E-state index in [2.05, 4.69) is 15.0 Å². The number of carbonyl (C=O) groups excluding carboxylic acids is 2. The average Bonchev–Trinajstić information content (AvgIpc) is 2.38. The Morgan fingerprint density at radius 1 is 1.29 bits per heavy atom. The quantitative estimate of drug-likeness (QED) is 0.593. The molecule has 2 rings (SSSR count). The highest BCUT2D eigenvalue weighted by Crippen LogP contribution is 2.21. The first-order valence-corrected chi connectivity index (χ1v) is 4.94. The van der Waals surface area contributed by atoms with E-state index in [1.54, 1.807) is 30.6 Å². The largest absolute Gasteiger partial charge is 0.462 e. The second-order valence-electron chi connectivity index (χ2n) is 3.35. The maximum atomic E-state index is 11.4. The summed E-state index contributed by atoms with van der Waals surface area (Å²) in [5.74, 6) is -1.71. The molecule has 0 atom stereocenters. The zero-order valence-electron chi connectivity index (χ0n) is 9.14. The molecule has 0 saturated carbocycles.